The molecule has 0 aliphatic carbocycles. The van der Waals surface area contributed by atoms with Gasteiger partial charge < -0.3 is 16.4 Å². The van der Waals surface area contributed by atoms with E-state index in [4.69, 9.17) is 17.3 Å². The first kappa shape index (κ1) is 14.3. The lowest BCUT2D eigenvalue weighted by molar-refractivity contribution is 0.626. The van der Waals surface area contributed by atoms with Crippen LogP contribution in [0.2, 0.25) is 5.02 Å². The van der Waals surface area contributed by atoms with Crippen LogP contribution in [0.3, 0.4) is 0 Å². The molecule has 4 N–H and O–H groups in total. The van der Waals surface area contributed by atoms with Gasteiger partial charge in [0, 0.05) is 13.1 Å². The van der Waals surface area contributed by atoms with Crippen molar-refractivity contribution in [1.82, 2.24) is 9.97 Å². The summed E-state index contributed by atoms with van der Waals surface area (Å²) in [5.74, 6) is 0.551. The Balaban J connectivity index is 2.06. The molecule has 0 aliphatic rings. The normalized spacial score (nSPS) is 10.3. The van der Waals surface area contributed by atoms with E-state index >= 15 is 0 Å². The summed E-state index contributed by atoms with van der Waals surface area (Å²) in [4.78, 5) is 8.31. The number of nitrogens with two attached hydrogens (primary N) is 1. The molecule has 5 nitrogen and oxygen atoms in total. The Kier molecular flexibility index (Phi) is 4.57. The van der Waals surface area contributed by atoms with Crippen LogP contribution in [-0.4, -0.2) is 16.5 Å². The third-order valence-corrected chi connectivity index (χ3v) is 2.90. The second kappa shape index (κ2) is 6.38. The predicted molar refractivity (Wildman–Crippen MR) is 79.3 cm³/mol. The lowest BCUT2D eigenvalue weighted by Gasteiger charge is -2.09. The Hall–Kier alpha value is -2.08. The van der Waals surface area contributed by atoms with Crippen LogP contribution in [-0.2, 0) is 6.54 Å². The first-order chi connectivity index (χ1) is 9.60. The van der Waals surface area contributed by atoms with E-state index in [9.17, 15) is 4.39 Å². The van der Waals surface area contributed by atoms with E-state index in [2.05, 4.69) is 20.6 Å². The maximum atomic E-state index is 13.3. The summed E-state index contributed by atoms with van der Waals surface area (Å²) in [6, 6.07) is 4.63. The van der Waals surface area contributed by atoms with Gasteiger partial charge in [0.1, 0.15) is 5.82 Å². The zero-order valence-corrected chi connectivity index (χ0v) is 11.7. The molecule has 0 spiro atoms. The Morgan fingerprint density at radius 3 is 2.85 bits per heavy atom. The molecule has 0 aliphatic heterocycles. The van der Waals surface area contributed by atoms with Crippen molar-refractivity contribution < 1.29 is 4.39 Å². The summed E-state index contributed by atoms with van der Waals surface area (Å²) in [5, 5.41) is 6.15. The smallest absolute Gasteiger partial charge is 0.225 e. The first-order valence-corrected chi connectivity index (χ1v) is 6.52. The summed E-state index contributed by atoms with van der Waals surface area (Å²) in [6.07, 6.45) is 1.52. The van der Waals surface area contributed by atoms with Gasteiger partial charge in [-0.05, 0) is 24.6 Å². The third kappa shape index (κ3) is 3.48. The van der Waals surface area contributed by atoms with Crippen molar-refractivity contribution in [2.75, 3.05) is 22.9 Å². The molecule has 20 heavy (non-hydrogen) atoms. The van der Waals surface area contributed by atoms with E-state index < -0.39 is 5.82 Å². The van der Waals surface area contributed by atoms with Gasteiger partial charge in [-0.2, -0.15) is 4.98 Å². The number of halogens is 2. The van der Waals surface area contributed by atoms with E-state index in [0.29, 0.717) is 30.5 Å². The molecule has 0 bridgehead atoms. The molecule has 0 fully saturated rings. The van der Waals surface area contributed by atoms with Crippen LogP contribution in [0.5, 0.6) is 0 Å². The van der Waals surface area contributed by atoms with Crippen LogP contribution in [0.4, 0.5) is 21.8 Å². The SMILES string of the molecule is CCNc1nc(NCc2ccc(Cl)c(F)c2)ncc1N. The van der Waals surface area contributed by atoms with Gasteiger partial charge >= 0.3 is 0 Å². The third-order valence-electron chi connectivity index (χ3n) is 2.60. The second-order valence-corrected chi connectivity index (χ2v) is 4.54. The number of benzene rings is 1. The Morgan fingerprint density at radius 1 is 1.35 bits per heavy atom. The molecule has 7 heteroatoms. The number of nitrogens with one attached hydrogen (secondary N) is 2. The van der Waals surface area contributed by atoms with Crippen LogP contribution in [0.1, 0.15) is 12.5 Å². The van der Waals surface area contributed by atoms with Crippen molar-refractivity contribution in [2.45, 2.75) is 13.5 Å². The summed E-state index contributed by atoms with van der Waals surface area (Å²) < 4.78 is 13.3. The van der Waals surface area contributed by atoms with E-state index in [-0.39, 0.29) is 5.02 Å². The van der Waals surface area contributed by atoms with E-state index in [1.807, 2.05) is 6.92 Å². The van der Waals surface area contributed by atoms with Crippen molar-refractivity contribution in [2.24, 2.45) is 0 Å². The number of hydrogen-bond acceptors (Lipinski definition) is 5. The van der Waals surface area contributed by atoms with E-state index in [1.165, 1.54) is 18.3 Å². The summed E-state index contributed by atoms with van der Waals surface area (Å²) in [5.41, 5.74) is 6.97. The molecular weight excluding hydrogens is 281 g/mol. The molecule has 1 aromatic carbocycles. The minimum absolute atomic E-state index is 0.104. The van der Waals surface area contributed by atoms with Gasteiger partial charge in [0.05, 0.1) is 16.9 Å². The number of anilines is 3. The molecule has 2 aromatic rings. The van der Waals surface area contributed by atoms with Crippen LogP contribution in [0.25, 0.3) is 0 Å². The van der Waals surface area contributed by atoms with Crippen molar-refractivity contribution in [3.63, 3.8) is 0 Å². The van der Waals surface area contributed by atoms with Crippen LogP contribution >= 0.6 is 11.6 Å². The quantitative estimate of drug-likeness (QED) is 0.791. The summed E-state index contributed by atoms with van der Waals surface area (Å²) in [7, 11) is 0. The first-order valence-electron chi connectivity index (χ1n) is 6.14. The Labute approximate surface area is 121 Å². The fraction of sp³-hybridized carbons (Fsp3) is 0.231. The molecule has 0 atom stereocenters. The number of nitrogen functional groups attached to an aromatic ring is 1. The zero-order chi connectivity index (χ0) is 14.5. The van der Waals surface area contributed by atoms with Gasteiger partial charge in [-0.15, -0.1) is 0 Å². The molecule has 1 aromatic heterocycles. The van der Waals surface area contributed by atoms with Gasteiger partial charge in [0.25, 0.3) is 0 Å². The second-order valence-electron chi connectivity index (χ2n) is 4.13. The van der Waals surface area contributed by atoms with Crippen molar-refractivity contribution >= 4 is 29.1 Å². The monoisotopic (exact) mass is 295 g/mol. The highest BCUT2D eigenvalue weighted by molar-refractivity contribution is 6.30. The molecule has 0 radical (unpaired) electrons. The maximum Gasteiger partial charge on any atom is 0.225 e. The average molecular weight is 296 g/mol. The molecule has 0 saturated carbocycles. The van der Waals surface area contributed by atoms with Gasteiger partial charge in [-0.3, -0.25) is 0 Å². The highest BCUT2D eigenvalue weighted by atomic mass is 35.5. The topological polar surface area (TPSA) is 75.9 Å². The summed E-state index contributed by atoms with van der Waals surface area (Å²) >= 11 is 5.63. The standard InChI is InChI=1S/C13H15ClFN5/c1-2-17-12-11(16)7-19-13(20-12)18-6-8-3-4-9(14)10(15)5-8/h3-5,7H,2,6,16H2,1H3,(H2,17,18,19,20). The molecule has 0 unspecified atom stereocenters. The van der Waals surface area contributed by atoms with Gasteiger partial charge in [0.15, 0.2) is 5.82 Å². The zero-order valence-electron chi connectivity index (χ0n) is 11.0. The number of nitrogens with zero attached hydrogens (tertiary/aromatic N) is 2. The van der Waals surface area contributed by atoms with Gasteiger partial charge in [-0.1, -0.05) is 17.7 Å². The van der Waals surface area contributed by atoms with Gasteiger partial charge in [0.2, 0.25) is 5.95 Å². The van der Waals surface area contributed by atoms with Crippen LogP contribution < -0.4 is 16.4 Å². The molecule has 106 valence electrons. The van der Waals surface area contributed by atoms with Crippen molar-refractivity contribution in [3.8, 4) is 0 Å². The molecule has 2 rings (SSSR count). The van der Waals surface area contributed by atoms with Crippen molar-refractivity contribution in [1.29, 1.82) is 0 Å². The van der Waals surface area contributed by atoms with Gasteiger partial charge in [-0.25, -0.2) is 9.37 Å². The highest BCUT2D eigenvalue weighted by Crippen LogP contribution is 2.18. The minimum Gasteiger partial charge on any atom is -0.394 e. The summed E-state index contributed by atoms with van der Waals surface area (Å²) in [6.45, 7) is 3.05. The average Bonchev–Trinajstić information content (AvgIpc) is 2.43. The molecule has 0 saturated heterocycles. The predicted octanol–water partition coefficient (Wildman–Crippen LogP) is 2.90. The van der Waals surface area contributed by atoms with Crippen LogP contribution in [0, 0.1) is 5.82 Å². The molecular formula is C13H15ClFN5. The number of rotatable bonds is 5. The van der Waals surface area contributed by atoms with Crippen molar-refractivity contribution in [3.05, 3.63) is 40.8 Å². The van der Waals surface area contributed by atoms with E-state index in [1.54, 1.807) is 6.07 Å². The Morgan fingerprint density at radius 2 is 2.15 bits per heavy atom. The number of aromatic nitrogens is 2. The van der Waals surface area contributed by atoms with E-state index in [0.717, 1.165) is 5.56 Å². The Bertz CT molecular complexity index is 605. The minimum atomic E-state index is -0.447. The lowest BCUT2D eigenvalue weighted by Crippen LogP contribution is -2.09. The lowest BCUT2D eigenvalue weighted by atomic mass is 10.2. The van der Waals surface area contributed by atoms with Crippen LogP contribution in [0.15, 0.2) is 24.4 Å². The number of hydrogen-bond donors (Lipinski definition) is 3. The highest BCUT2D eigenvalue weighted by Gasteiger charge is 2.05. The fourth-order valence-electron chi connectivity index (χ4n) is 1.62. The maximum absolute atomic E-state index is 13.3. The largest absolute Gasteiger partial charge is 0.394 e. The fourth-order valence-corrected chi connectivity index (χ4v) is 1.73. The molecule has 1 heterocycles. The molecule has 0 amide bonds.